The highest BCUT2D eigenvalue weighted by Gasteiger charge is 2.41. The van der Waals surface area contributed by atoms with Gasteiger partial charge in [0.2, 0.25) is 5.91 Å². The number of rotatable bonds is 8. The van der Waals surface area contributed by atoms with E-state index in [-0.39, 0.29) is 30.2 Å². The van der Waals surface area contributed by atoms with E-state index in [1.807, 2.05) is 65.7 Å². The van der Waals surface area contributed by atoms with Crippen LogP contribution < -0.4 is 15.4 Å². The van der Waals surface area contributed by atoms with Crippen molar-refractivity contribution in [2.24, 2.45) is 0 Å². The Labute approximate surface area is 219 Å². The number of halogens is 1. The maximum absolute atomic E-state index is 13.2. The van der Waals surface area contributed by atoms with Crippen LogP contribution in [0.3, 0.4) is 0 Å². The molecule has 5 rings (SSSR count). The van der Waals surface area contributed by atoms with E-state index < -0.39 is 0 Å². The molecule has 2 atom stereocenters. The lowest BCUT2D eigenvalue weighted by Crippen LogP contribution is -2.33. The molecule has 0 saturated carbocycles. The molecule has 2 aromatic heterocycles. The fourth-order valence-electron chi connectivity index (χ4n) is 4.63. The van der Waals surface area contributed by atoms with Crippen LogP contribution in [0.15, 0.2) is 91.3 Å². The lowest BCUT2D eigenvalue weighted by atomic mass is 10.0. The fourth-order valence-corrected chi connectivity index (χ4v) is 4.96. The normalized spacial score (nSPS) is 16.9. The number of hydrogen-bond acceptors (Lipinski definition) is 4. The SMILES string of the molecule is COc1ccccc1-n1cccc1[C@H]1[C@@H](c2ccccn2)NC(=S)N1CCC(=O)Nc1ccc(F)cc1. The van der Waals surface area contributed by atoms with Crippen LogP contribution in [0, 0.1) is 5.82 Å². The first-order chi connectivity index (χ1) is 18.0. The van der Waals surface area contributed by atoms with Crippen molar-refractivity contribution in [3.8, 4) is 11.4 Å². The molecule has 9 heteroatoms. The summed E-state index contributed by atoms with van der Waals surface area (Å²) in [5.74, 6) is 0.204. The Hall–Kier alpha value is -4.24. The van der Waals surface area contributed by atoms with Crippen molar-refractivity contribution >= 4 is 28.9 Å². The van der Waals surface area contributed by atoms with Crippen LogP contribution in [0.1, 0.15) is 29.9 Å². The van der Waals surface area contributed by atoms with Gasteiger partial charge in [0.1, 0.15) is 11.6 Å². The van der Waals surface area contributed by atoms with Gasteiger partial charge in [0.05, 0.1) is 30.6 Å². The van der Waals surface area contributed by atoms with E-state index in [1.54, 1.807) is 13.3 Å². The molecule has 37 heavy (non-hydrogen) atoms. The molecule has 0 aliphatic carbocycles. The number of amides is 1. The first-order valence-electron chi connectivity index (χ1n) is 11.9. The lowest BCUT2D eigenvalue weighted by molar-refractivity contribution is -0.116. The number of benzene rings is 2. The van der Waals surface area contributed by atoms with Gasteiger partial charge in [-0.05, 0) is 72.9 Å². The average molecular weight is 516 g/mol. The van der Waals surface area contributed by atoms with Crippen molar-refractivity contribution in [2.45, 2.75) is 18.5 Å². The summed E-state index contributed by atoms with van der Waals surface area (Å²) in [5.41, 5.74) is 3.27. The number of thiocarbonyl (C=S) groups is 1. The van der Waals surface area contributed by atoms with E-state index in [0.717, 1.165) is 22.8 Å². The zero-order valence-electron chi connectivity index (χ0n) is 20.2. The summed E-state index contributed by atoms with van der Waals surface area (Å²) in [6.45, 7) is 0.379. The van der Waals surface area contributed by atoms with Crippen LogP contribution in [0.2, 0.25) is 0 Å². The summed E-state index contributed by atoms with van der Waals surface area (Å²) in [4.78, 5) is 19.4. The minimum absolute atomic E-state index is 0.186. The number of carbonyl (C=O) groups excluding carboxylic acids is 1. The number of pyridine rings is 1. The topological polar surface area (TPSA) is 71.4 Å². The molecular formula is C28H26FN5O2S. The van der Waals surface area contributed by atoms with Gasteiger partial charge in [-0.25, -0.2) is 4.39 Å². The third kappa shape index (κ3) is 5.17. The number of para-hydroxylation sites is 2. The van der Waals surface area contributed by atoms with Gasteiger partial charge in [-0.15, -0.1) is 0 Å². The van der Waals surface area contributed by atoms with Crippen molar-refractivity contribution in [3.05, 3.63) is 108 Å². The van der Waals surface area contributed by atoms with Gasteiger partial charge in [-0.3, -0.25) is 9.78 Å². The summed E-state index contributed by atoms with van der Waals surface area (Å²) < 4.78 is 20.9. The molecule has 7 nitrogen and oxygen atoms in total. The molecule has 0 spiro atoms. The summed E-state index contributed by atoms with van der Waals surface area (Å²) in [5, 5.41) is 6.79. The Morgan fingerprint density at radius 1 is 1.08 bits per heavy atom. The van der Waals surface area contributed by atoms with E-state index >= 15 is 0 Å². The van der Waals surface area contributed by atoms with Crippen LogP contribution in [0.4, 0.5) is 10.1 Å². The molecule has 0 unspecified atom stereocenters. The third-order valence-electron chi connectivity index (χ3n) is 6.33. The van der Waals surface area contributed by atoms with Gasteiger partial charge in [0.15, 0.2) is 5.11 Å². The third-order valence-corrected chi connectivity index (χ3v) is 6.69. The van der Waals surface area contributed by atoms with Gasteiger partial charge >= 0.3 is 0 Å². The molecule has 1 aliphatic rings. The second-order valence-corrected chi connectivity index (χ2v) is 8.99. The van der Waals surface area contributed by atoms with Gasteiger partial charge in [-0.1, -0.05) is 18.2 Å². The Kier molecular flexibility index (Phi) is 7.14. The van der Waals surface area contributed by atoms with Gasteiger partial charge < -0.3 is 24.8 Å². The molecule has 1 amide bonds. The van der Waals surface area contributed by atoms with Gasteiger partial charge in [0, 0.05) is 36.7 Å². The first kappa shape index (κ1) is 24.5. The van der Waals surface area contributed by atoms with Crippen LogP contribution in [0.5, 0.6) is 5.75 Å². The lowest BCUT2D eigenvalue weighted by Gasteiger charge is -2.29. The van der Waals surface area contributed by atoms with E-state index in [2.05, 4.69) is 20.2 Å². The molecule has 3 heterocycles. The summed E-state index contributed by atoms with van der Waals surface area (Å²) in [6, 6.07) is 22.9. The smallest absolute Gasteiger partial charge is 0.226 e. The van der Waals surface area contributed by atoms with Crippen LogP contribution in [-0.4, -0.2) is 39.1 Å². The van der Waals surface area contributed by atoms with E-state index in [4.69, 9.17) is 17.0 Å². The number of hydrogen-bond donors (Lipinski definition) is 2. The number of nitrogens with one attached hydrogen (secondary N) is 2. The molecule has 188 valence electrons. The number of methoxy groups -OCH3 is 1. The highest BCUT2D eigenvalue weighted by Crippen LogP contribution is 2.40. The van der Waals surface area contributed by atoms with Crippen molar-refractivity contribution < 1.29 is 13.9 Å². The van der Waals surface area contributed by atoms with Crippen LogP contribution >= 0.6 is 12.2 Å². The number of carbonyl (C=O) groups is 1. The second kappa shape index (κ2) is 10.8. The largest absolute Gasteiger partial charge is 0.495 e. The zero-order valence-corrected chi connectivity index (χ0v) is 21.0. The van der Waals surface area contributed by atoms with E-state index in [0.29, 0.717) is 17.3 Å². The maximum Gasteiger partial charge on any atom is 0.226 e. The number of aromatic nitrogens is 2. The van der Waals surface area contributed by atoms with E-state index in [1.165, 1.54) is 24.3 Å². The Balaban J connectivity index is 1.45. The minimum Gasteiger partial charge on any atom is -0.495 e. The Morgan fingerprint density at radius 2 is 1.86 bits per heavy atom. The number of anilines is 1. The Bertz CT molecular complexity index is 1390. The molecule has 0 bridgehead atoms. The summed E-state index contributed by atoms with van der Waals surface area (Å²) in [7, 11) is 1.65. The average Bonchev–Trinajstić information content (AvgIpc) is 3.53. The molecule has 2 aromatic carbocycles. The molecule has 1 aliphatic heterocycles. The predicted molar refractivity (Wildman–Crippen MR) is 144 cm³/mol. The zero-order chi connectivity index (χ0) is 25.8. The quantitative estimate of drug-likeness (QED) is 0.321. The minimum atomic E-state index is -0.354. The van der Waals surface area contributed by atoms with Crippen LogP contribution in [0.25, 0.3) is 5.69 Å². The fraction of sp³-hybridized carbons (Fsp3) is 0.179. The van der Waals surface area contributed by atoms with E-state index in [9.17, 15) is 9.18 Å². The highest BCUT2D eigenvalue weighted by atomic mass is 32.1. The first-order valence-corrected chi connectivity index (χ1v) is 12.3. The standard InChI is InChI=1S/C28H26FN5O2S/c1-36-24-10-3-2-8-22(24)33-17-6-9-23(33)27-26(21-7-4-5-16-30-21)32-28(37)34(27)18-15-25(35)31-20-13-11-19(29)12-14-20/h2-14,16-17,26-27H,15,18H2,1H3,(H,31,35)(H,32,37)/t26-,27+/m1/s1. The van der Waals surface area contributed by atoms with Gasteiger partial charge in [-0.2, -0.15) is 0 Å². The van der Waals surface area contributed by atoms with Gasteiger partial charge in [0.25, 0.3) is 0 Å². The monoisotopic (exact) mass is 515 g/mol. The van der Waals surface area contributed by atoms with Crippen molar-refractivity contribution in [1.29, 1.82) is 0 Å². The molecule has 1 fully saturated rings. The molecule has 0 radical (unpaired) electrons. The number of ether oxygens (including phenoxy) is 1. The molecule has 1 saturated heterocycles. The van der Waals surface area contributed by atoms with Crippen molar-refractivity contribution in [3.63, 3.8) is 0 Å². The Morgan fingerprint density at radius 3 is 2.62 bits per heavy atom. The van der Waals surface area contributed by atoms with Crippen LogP contribution in [-0.2, 0) is 4.79 Å². The molecule has 4 aromatic rings. The second-order valence-electron chi connectivity index (χ2n) is 8.60. The highest BCUT2D eigenvalue weighted by molar-refractivity contribution is 7.80. The number of nitrogens with zero attached hydrogens (tertiary/aromatic N) is 3. The summed E-state index contributed by atoms with van der Waals surface area (Å²) in [6.07, 6.45) is 3.94. The molecule has 2 N–H and O–H groups in total. The maximum atomic E-state index is 13.2. The van der Waals surface area contributed by atoms with Crippen molar-refractivity contribution in [2.75, 3.05) is 19.0 Å². The molecular weight excluding hydrogens is 489 g/mol. The summed E-state index contributed by atoms with van der Waals surface area (Å²) >= 11 is 5.75. The predicted octanol–water partition coefficient (Wildman–Crippen LogP) is 5.02. The van der Waals surface area contributed by atoms with Crippen molar-refractivity contribution in [1.82, 2.24) is 19.8 Å².